The molecule has 2 nitrogen and oxygen atoms in total. The molecule has 0 amide bonds. The summed E-state index contributed by atoms with van der Waals surface area (Å²) >= 11 is 7.87. The molecule has 0 aliphatic rings. The number of methoxy groups -OCH3 is 1. The molecule has 0 aliphatic carbocycles. The Morgan fingerprint density at radius 3 is 2.92 bits per heavy atom. The fraction of sp³-hybridized carbons (Fsp3) is 0.222. The Kier molecular flexibility index (Phi) is 4.09. The van der Waals surface area contributed by atoms with Crippen LogP contribution in [0.4, 0.5) is 5.69 Å². The lowest BCUT2D eigenvalue weighted by Crippen LogP contribution is -1.87. The summed E-state index contributed by atoms with van der Waals surface area (Å²) in [6.45, 7) is 0. The third kappa shape index (κ3) is 2.62. The predicted octanol–water partition coefficient (Wildman–Crippen LogP) is 3.32. The first-order chi connectivity index (χ1) is 6.31. The molecule has 1 rings (SSSR count). The van der Waals surface area contributed by atoms with Gasteiger partial charge < -0.3 is 4.74 Å². The van der Waals surface area contributed by atoms with E-state index in [1.165, 1.54) is 0 Å². The van der Waals surface area contributed by atoms with E-state index in [0.717, 1.165) is 22.3 Å². The molecular formula is C9H8BrNOS. The van der Waals surface area contributed by atoms with Gasteiger partial charge >= 0.3 is 0 Å². The second-order valence-corrected chi connectivity index (χ2v) is 3.08. The normalized spacial score (nSPS) is 9.08. The number of hydrogen-bond donors (Lipinski definition) is 0. The molecule has 0 N–H and O–H groups in total. The van der Waals surface area contributed by atoms with E-state index in [1.54, 1.807) is 7.11 Å². The quantitative estimate of drug-likeness (QED) is 0.471. The van der Waals surface area contributed by atoms with E-state index in [9.17, 15) is 0 Å². The average molecular weight is 258 g/mol. The van der Waals surface area contributed by atoms with E-state index >= 15 is 0 Å². The molecule has 1 aromatic carbocycles. The summed E-state index contributed by atoms with van der Waals surface area (Å²) in [4.78, 5) is 3.86. The first kappa shape index (κ1) is 10.4. The van der Waals surface area contributed by atoms with E-state index in [2.05, 4.69) is 38.3 Å². The van der Waals surface area contributed by atoms with Crippen molar-refractivity contribution in [2.24, 2.45) is 4.99 Å². The smallest absolute Gasteiger partial charge is 0.125 e. The molecule has 4 heteroatoms. The van der Waals surface area contributed by atoms with Gasteiger partial charge in [-0.3, -0.25) is 0 Å². The number of hydrogen-bond acceptors (Lipinski definition) is 3. The third-order valence-corrected chi connectivity index (χ3v) is 2.28. The molecule has 0 radical (unpaired) electrons. The number of rotatable bonds is 3. The number of ether oxygens (including phenoxy) is 1. The molecule has 0 spiro atoms. The van der Waals surface area contributed by atoms with Gasteiger partial charge in [0.15, 0.2) is 0 Å². The van der Waals surface area contributed by atoms with Crippen LogP contribution in [0.3, 0.4) is 0 Å². The van der Waals surface area contributed by atoms with Crippen LogP contribution in [-0.2, 0) is 5.33 Å². The zero-order chi connectivity index (χ0) is 9.68. The molecule has 0 unspecified atom stereocenters. The van der Waals surface area contributed by atoms with Crippen LogP contribution in [0.25, 0.3) is 0 Å². The summed E-state index contributed by atoms with van der Waals surface area (Å²) in [5, 5.41) is 3.08. The first-order valence-corrected chi connectivity index (χ1v) is 5.15. The number of isothiocyanates is 1. The molecule has 13 heavy (non-hydrogen) atoms. The van der Waals surface area contributed by atoms with Gasteiger partial charge in [0.25, 0.3) is 0 Å². The number of halogens is 1. The minimum absolute atomic E-state index is 0.761. The lowest BCUT2D eigenvalue weighted by Gasteiger charge is -2.05. The Labute approximate surface area is 90.8 Å². The summed E-state index contributed by atoms with van der Waals surface area (Å²) in [5.41, 5.74) is 1.85. The molecule has 0 aromatic heterocycles. The van der Waals surface area contributed by atoms with Gasteiger partial charge in [-0.1, -0.05) is 22.0 Å². The predicted molar refractivity (Wildman–Crippen MR) is 60.3 cm³/mol. The van der Waals surface area contributed by atoms with Gasteiger partial charge in [-0.25, -0.2) is 0 Å². The topological polar surface area (TPSA) is 21.6 Å². The SMILES string of the molecule is COc1cc(N=C=S)ccc1CBr. The van der Waals surface area contributed by atoms with Crippen LogP contribution in [0, 0.1) is 0 Å². The summed E-state index contributed by atoms with van der Waals surface area (Å²) in [6.07, 6.45) is 0. The van der Waals surface area contributed by atoms with Gasteiger partial charge in [0.05, 0.1) is 18.0 Å². The van der Waals surface area contributed by atoms with E-state index in [1.807, 2.05) is 18.2 Å². The van der Waals surface area contributed by atoms with E-state index < -0.39 is 0 Å². The van der Waals surface area contributed by atoms with Crippen molar-refractivity contribution in [3.8, 4) is 5.75 Å². The number of thiocarbonyl (C=S) groups is 1. The van der Waals surface area contributed by atoms with Crippen LogP contribution in [-0.4, -0.2) is 12.3 Å². The van der Waals surface area contributed by atoms with Crippen molar-refractivity contribution in [3.63, 3.8) is 0 Å². The summed E-state index contributed by atoms with van der Waals surface area (Å²) in [6, 6.07) is 5.65. The minimum atomic E-state index is 0.761. The Bertz CT molecular complexity index is 347. The zero-order valence-electron chi connectivity index (χ0n) is 7.08. The molecule has 68 valence electrons. The molecule has 0 bridgehead atoms. The van der Waals surface area contributed by atoms with Crippen LogP contribution in [0.5, 0.6) is 5.75 Å². The van der Waals surface area contributed by atoms with E-state index in [-0.39, 0.29) is 0 Å². The summed E-state index contributed by atoms with van der Waals surface area (Å²) < 4.78 is 5.17. The van der Waals surface area contributed by atoms with E-state index in [0.29, 0.717) is 0 Å². The summed E-state index contributed by atoms with van der Waals surface area (Å²) in [5.74, 6) is 0.809. The Hall–Kier alpha value is -0.700. The fourth-order valence-corrected chi connectivity index (χ4v) is 1.53. The van der Waals surface area contributed by atoms with Crippen molar-refractivity contribution >= 4 is 39.0 Å². The number of aliphatic imine (C=N–C) groups is 1. The highest BCUT2D eigenvalue weighted by molar-refractivity contribution is 9.08. The van der Waals surface area contributed by atoms with Gasteiger partial charge in [0.1, 0.15) is 5.75 Å². The van der Waals surface area contributed by atoms with Gasteiger partial charge in [0, 0.05) is 17.0 Å². The Morgan fingerprint density at radius 1 is 1.62 bits per heavy atom. The monoisotopic (exact) mass is 257 g/mol. The van der Waals surface area contributed by atoms with Crippen molar-refractivity contribution in [3.05, 3.63) is 23.8 Å². The highest BCUT2D eigenvalue weighted by Gasteiger charge is 2.01. The van der Waals surface area contributed by atoms with Crippen LogP contribution < -0.4 is 4.74 Å². The number of nitrogens with zero attached hydrogens (tertiary/aromatic N) is 1. The lowest BCUT2D eigenvalue weighted by molar-refractivity contribution is 0.411. The van der Waals surface area contributed by atoms with E-state index in [4.69, 9.17) is 4.74 Å². The molecule has 1 aromatic rings. The second kappa shape index (κ2) is 5.12. The lowest BCUT2D eigenvalue weighted by atomic mass is 10.2. The highest BCUT2D eigenvalue weighted by Crippen LogP contribution is 2.26. The number of benzene rings is 1. The Morgan fingerprint density at radius 2 is 2.38 bits per heavy atom. The third-order valence-electron chi connectivity index (χ3n) is 1.59. The van der Waals surface area contributed by atoms with Crippen LogP contribution in [0.2, 0.25) is 0 Å². The van der Waals surface area contributed by atoms with Gasteiger partial charge in [-0.15, -0.1) is 0 Å². The van der Waals surface area contributed by atoms with Crippen molar-refractivity contribution in [2.75, 3.05) is 7.11 Å². The van der Waals surface area contributed by atoms with Crippen LogP contribution >= 0.6 is 28.1 Å². The molecule has 0 heterocycles. The molecule has 0 saturated heterocycles. The maximum atomic E-state index is 5.17. The largest absolute Gasteiger partial charge is 0.496 e. The standard InChI is InChI=1S/C9H8BrNOS/c1-12-9-4-8(11-6-13)3-2-7(9)5-10/h2-4H,5H2,1H3. The van der Waals surface area contributed by atoms with Crippen molar-refractivity contribution < 1.29 is 4.74 Å². The zero-order valence-corrected chi connectivity index (χ0v) is 9.48. The molecular weight excluding hydrogens is 250 g/mol. The molecule has 0 atom stereocenters. The molecule has 0 aliphatic heterocycles. The van der Waals surface area contributed by atoms with Crippen molar-refractivity contribution in [1.29, 1.82) is 0 Å². The van der Waals surface area contributed by atoms with Gasteiger partial charge in [-0.05, 0) is 18.3 Å². The van der Waals surface area contributed by atoms with Gasteiger partial charge in [0.2, 0.25) is 0 Å². The molecule has 0 saturated carbocycles. The maximum absolute atomic E-state index is 5.17. The van der Waals surface area contributed by atoms with Crippen molar-refractivity contribution in [2.45, 2.75) is 5.33 Å². The maximum Gasteiger partial charge on any atom is 0.125 e. The fourth-order valence-electron chi connectivity index (χ4n) is 0.966. The summed E-state index contributed by atoms with van der Waals surface area (Å²) in [7, 11) is 1.63. The number of alkyl halides is 1. The highest BCUT2D eigenvalue weighted by atomic mass is 79.9. The Balaban J connectivity index is 3.12. The first-order valence-electron chi connectivity index (χ1n) is 3.62. The van der Waals surface area contributed by atoms with Crippen LogP contribution in [0.1, 0.15) is 5.56 Å². The molecule has 0 fully saturated rings. The van der Waals surface area contributed by atoms with Crippen LogP contribution in [0.15, 0.2) is 23.2 Å². The second-order valence-electron chi connectivity index (χ2n) is 2.33. The minimum Gasteiger partial charge on any atom is -0.496 e. The average Bonchev–Trinajstić information content (AvgIpc) is 2.18. The van der Waals surface area contributed by atoms with Gasteiger partial charge in [-0.2, -0.15) is 4.99 Å². The van der Waals surface area contributed by atoms with Crippen molar-refractivity contribution in [1.82, 2.24) is 0 Å².